The molecular weight excluding hydrogens is 364 g/mol. The Balaban J connectivity index is 1.48. The van der Waals surface area contributed by atoms with Gasteiger partial charge in [0.1, 0.15) is 5.75 Å². The quantitative estimate of drug-likeness (QED) is 0.543. The maximum atomic E-state index is 12.1. The fourth-order valence-corrected chi connectivity index (χ4v) is 2.94. The first-order chi connectivity index (χ1) is 14.1. The third-order valence-electron chi connectivity index (χ3n) is 4.52. The number of urea groups is 1. The summed E-state index contributed by atoms with van der Waals surface area (Å²) in [6.07, 6.45) is 3.41. The highest BCUT2D eigenvalue weighted by Gasteiger charge is 2.04. The molecule has 0 aliphatic heterocycles. The molecule has 0 aliphatic carbocycles. The summed E-state index contributed by atoms with van der Waals surface area (Å²) < 4.78 is 5.37. The number of nitrogens with one attached hydrogen (secondary N) is 3. The molecule has 0 saturated carbocycles. The standard InChI is InChI=1S/C23H26N4O2/c1-17-6-7-20(13-22(17)29-2)15-25-14-19-4-3-5-21(12-19)27-23(28)26-16-18-8-10-24-11-9-18/h3-13,25H,14-16H2,1-2H3,(H2,26,27,28). The Kier molecular flexibility index (Phi) is 7.19. The average Bonchev–Trinajstić information content (AvgIpc) is 2.74. The molecule has 2 aromatic carbocycles. The number of pyridine rings is 1. The van der Waals surface area contributed by atoms with Crippen molar-refractivity contribution >= 4 is 11.7 Å². The van der Waals surface area contributed by atoms with Crippen LogP contribution in [0, 0.1) is 6.92 Å². The second kappa shape index (κ2) is 10.2. The Bertz CT molecular complexity index is 945. The van der Waals surface area contributed by atoms with E-state index in [1.807, 2.05) is 49.4 Å². The Hall–Kier alpha value is -3.38. The van der Waals surface area contributed by atoms with Crippen molar-refractivity contribution in [1.29, 1.82) is 0 Å². The number of hydrogen-bond donors (Lipinski definition) is 3. The Labute approximate surface area is 171 Å². The number of ether oxygens (including phenoxy) is 1. The second-order valence-electron chi connectivity index (χ2n) is 6.77. The minimum atomic E-state index is -0.237. The first kappa shape index (κ1) is 20.4. The molecule has 6 heteroatoms. The van der Waals surface area contributed by atoms with E-state index in [1.54, 1.807) is 19.5 Å². The number of methoxy groups -OCH3 is 1. The third kappa shape index (κ3) is 6.33. The first-order valence-electron chi connectivity index (χ1n) is 9.51. The van der Waals surface area contributed by atoms with Gasteiger partial charge in [-0.15, -0.1) is 0 Å². The van der Waals surface area contributed by atoms with Gasteiger partial charge in [-0.25, -0.2) is 4.79 Å². The number of carbonyl (C=O) groups is 1. The number of aromatic nitrogens is 1. The van der Waals surface area contributed by atoms with Crippen molar-refractivity contribution in [3.63, 3.8) is 0 Å². The summed E-state index contributed by atoms with van der Waals surface area (Å²) in [5.74, 6) is 0.897. The largest absolute Gasteiger partial charge is 0.496 e. The van der Waals surface area contributed by atoms with E-state index in [0.29, 0.717) is 13.1 Å². The summed E-state index contributed by atoms with van der Waals surface area (Å²) >= 11 is 0. The highest BCUT2D eigenvalue weighted by Crippen LogP contribution is 2.19. The second-order valence-corrected chi connectivity index (χ2v) is 6.77. The van der Waals surface area contributed by atoms with Crippen LogP contribution in [0.3, 0.4) is 0 Å². The molecule has 29 heavy (non-hydrogen) atoms. The molecule has 6 nitrogen and oxygen atoms in total. The van der Waals surface area contributed by atoms with Crippen LogP contribution in [0.2, 0.25) is 0 Å². The predicted molar refractivity (Wildman–Crippen MR) is 115 cm³/mol. The van der Waals surface area contributed by atoms with Gasteiger partial charge in [0, 0.05) is 37.7 Å². The third-order valence-corrected chi connectivity index (χ3v) is 4.52. The number of rotatable bonds is 8. The molecule has 1 heterocycles. The van der Waals surface area contributed by atoms with E-state index in [9.17, 15) is 4.79 Å². The summed E-state index contributed by atoms with van der Waals surface area (Å²) in [6.45, 7) is 3.92. The molecule has 3 rings (SSSR count). The molecular formula is C23H26N4O2. The molecule has 0 aliphatic rings. The van der Waals surface area contributed by atoms with Crippen LogP contribution in [-0.4, -0.2) is 18.1 Å². The van der Waals surface area contributed by atoms with Gasteiger partial charge in [0.05, 0.1) is 7.11 Å². The SMILES string of the molecule is COc1cc(CNCc2cccc(NC(=O)NCc3ccncc3)c2)ccc1C. The zero-order chi connectivity index (χ0) is 20.5. The highest BCUT2D eigenvalue weighted by atomic mass is 16.5. The minimum absolute atomic E-state index is 0.237. The maximum Gasteiger partial charge on any atom is 0.319 e. The zero-order valence-electron chi connectivity index (χ0n) is 16.7. The Morgan fingerprint density at radius 1 is 0.931 bits per heavy atom. The zero-order valence-corrected chi connectivity index (χ0v) is 16.7. The van der Waals surface area contributed by atoms with Crippen molar-refractivity contribution in [1.82, 2.24) is 15.6 Å². The van der Waals surface area contributed by atoms with Gasteiger partial charge in [-0.3, -0.25) is 4.98 Å². The van der Waals surface area contributed by atoms with Crippen molar-refractivity contribution in [3.05, 3.63) is 89.2 Å². The first-order valence-corrected chi connectivity index (χ1v) is 9.51. The van der Waals surface area contributed by atoms with Crippen molar-refractivity contribution < 1.29 is 9.53 Å². The molecule has 150 valence electrons. The molecule has 2 amide bonds. The fraction of sp³-hybridized carbons (Fsp3) is 0.217. The monoisotopic (exact) mass is 390 g/mol. The molecule has 0 atom stereocenters. The van der Waals surface area contributed by atoms with E-state index >= 15 is 0 Å². The van der Waals surface area contributed by atoms with Crippen LogP contribution in [0.25, 0.3) is 0 Å². The van der Waals surface area contributed by atoms with Crippen molar-refractivity contribution in [2.45, 2.75) is 26.6 Å². The Morgan fingerprint density at radius 2 is 1.69 bits per heavy atom. The summed E-state index contributed by atoms with van der Waals surface area (Å²) in [5, 5.41) is 9.14. The van der Waals surface area contributed by atoms with Crippen LogP contribution in [0.5, 0.6) is 5.75 Å². The van der Waals surface area contributed by atoms with Crippen molar-refractivity contribution in [3.8, 4) is 5.75 Å². The lowest BCUT2D eigenvalue weighted by Crippen LogP contribution is -2.28. The topological polar surface area (TPSA) is 75.3 Å². The summed E-state index contributed by atoms with van der Waals surface area (Å²) in [5.41, 5.74) is 5.14. The minimum Gasteiger partial charge on any atom is -0.496 e. The number of aryl methyl sites for hydroxylation is 1. The summed E-state index contributed by atoms with van der Waals surface area (Å²) in [6, 6.07) is 17.5. The van der Waals surface area contributed by atoms with Crippen molar-refractivity contribution in [2.24, 2.45) is 0 Å². The van der Waals surface area contributed by atoms with E-state index in [1.165, 1.54) is 0 Å². The average molecular weight is 390 g/mol. The summed E-state index contributed by atoms with van der Waals surface area (Å²) in [7, 11) is 1.69. The lowest BCUT2D eigenvalue weighted by molar-refractivity contribution is 0.251. The van der Waals surface area contributed by atoms with E-state index < -0.39 is 0 Å². The number of amides is 2. The van der Waals surface area contributed by atoms with E-state index in [0.717, 1.165) is 40.2 Å². The van der Waals surface area contributed by atoms with E-state index in [4.69, 9.17) is 4.74 Å². The lowest BCUT2D eigenvalue weighted by atomic mass is 10.1. The van der Waals surface area contributed by atoms with Gasteiger partial charge in [-0.2, -0.15) is 0 Å². The fourth-order valence-electron chi connectivity index (χ4n) is 2.94. The molecule has 0 spiro atoms. The van der Waals surface area contributed by atoms with Crippen LogP contribution >= 0.6 is 0 Å². The van der Waals surface area contributed by atoms with Crippen LogP contribution in [0.4, 0.5) is 10.5 Å². The lowest BCUT2D eigenvalue weighted by Gasteiger charge is -2.11. The molecule has 3 N–H and O–H groups in total. The molecule has 0 unspecified atom stereocenters. The number of benzene rings is 2. The van der Waals surface area contributed by atoms with Gasteiger partial charge in [0.25, 0.3) is 0 Å². The van der Waals surface area contributed by atoms with Crippen LogP contribution in [-0.2, 0) is 19.6 Å². The molecule has 0 radical (unpaired) electrons. The molecule has 1 aromatic heterocycles. The van der Waals surface area contributed by atoms with Gasteiger partial charge in [0.2, 0.25) is 0 Å². The maximum absolute atomic E-state index is 12.1. The Morgan fingerprint density at radius 3 is 2.45 bits per heavy atom. The molecule has 0 bridgehead atoms. The van der Waals surface area contributed by atoms with Crippen LogP contribution in [0.1, 0.15) is 22.3 Å². The highest BCUT2D eigenvalue weighted by molar-refractivity contribution is 5.89. The van der Waals surface area contributed by atoms with Gasteiger partial charge >= 0.3 is 6.03 Å². The molecule has 3 aromatic rings. The number of hydrogen-bond acceptors (Lipinski definition) is 4. The van der Waals surface area contributed by atoms with Crippen molar-refractivity contribution in [2.75, 3.05) is 12.4 Å². The molecule has 0 saturated heterocycles. The summed E-state index contributed by atoms with van der Waals surface area (Å²) in [4.78, 5) is 16.1. The van der Waals surface area contributed by atoms with Crippen LogP contribution in [0.15, 0.2) is 67.0 Å². The van der Waals surface area contributed by atoms with Crippen LogP contribution < -0.4 is 20.7 Å². The molecule has 0 fully saturated rings. The van der Waals surface area contributed by atoms with Gasteiger partial charge < -0.3 is 20.7 Å². The van der Waals surface area contributed by atoms with Gasteiger partial charge in [-0.1, -0.05) is 24.3 Å². The predicted octanol–water partition coefficient (Wildman–Crippen LogP) is 4.01. The van der Waals surface area contributed by atoms with Gasteiger partial charge in [-0.05, 0) is 59.5 Å². The van der Waals surface area contributed by atoms with E-state index in [-0.39, 0.29) is 6.03 Å². The van der Waals surface area contributed by atoms with Gasteiger partial charge in [0.15, 0.2) is 0 Å². The number of carbonyl (C=O) groups excluding carboxylic acids is 1. The number of nitrogens with zero attached hydrogens (tertiary/aromatic N) is 1. The van der Waals surface area contributed by atoms with E-state index in [2.05, 4.69) is 33.1 Å². The normalized spacial score (nSPS) is 10.4. The smallest absolute Gasteiger partial charge is 0.319 e. The number of anilines is 1.